The van der Waals surface area contributed by atoms with E-state index < -0.39 is 62.2 Å². The Hall–Kier alpha value is -3.51. The second-order valence-corrected chi connectivity index (χ2v) is 10.8. The van der Waals surface area contributed by atoms with Crippen LogP contribution in [-0.2, 0) is 14.3 Å². The predicted molar refractivity (Wildman–Crippen MR) is 144 cm³/mol. The highest BCUT2D eigenvalue weighted by molar-refractivity contribution is 6.41. The Kier molecular flexibility index (Phi) is 9.33. The third-order valence-electron chi connectivity index (χ3n) is 7.31. The second-order valence-electron chi connectivity index (χ2n) is 10.8. The van der Waals surface area contributed by atoms with Crippen molar-refractivity contribution in [2.45, 2.75) is 50.1 Å². The molecule has 2 atom stereocenters. The van der Waals surface area contributed by atoms with Crippen molar-refractivity contribution in [3.05, 3.63) is 47.9 Å². The number of amides is 2. The van der Waals surface area contributed by atoms with Crippen molar-refractivity contribution < 1.29 is 42.3 Å². The molecule has 11 nitrogen and oxygen atoms in total. The lowest BCUT2D eigenvalue weighted by Crippen LogP contribution is -2.49. The summed E-state index contributed by atoms with van der Waals surface area (Å²) in [5.41, 5.74) is -0.989. The number of alkyl carbamates (subject to hydrolysis) is 1. The van der Waals surface area contributed by atoms with Gasteiger partial charge in [0.25, 0.3) is 11.8 Å². The summed E-state index contributed by atoms with van der Waals surface area (Å²) in [4.78, 5) is 28.9. The van der Waals surface area contributed by atoms with E-state index in [4.69, 9.17) is 13.9 Å². The van der Waals surface area contributed by atoms with E-state index in [0.717, 1.165) is 10.3 Å². The van der Waals surface area contributed by atoms with Crippen LogP contribution >= 0.6 is 0 Å². The number of likely N-dealkylation sites (tertiary alicyclic amines) is 1. The van der Waals surface area contributed by atoms with E-state index in [1.807, 2.05) is 24.8 Å². The van der Waals surface area contributed by atoms with Gasteiger partial charge in [-0.3, -0.25) is 9.69 Å². The minimum Gasteiger partial charge on any atom is -0.466 e. The molecule has 1 unspecified atom stereocenters. The molecule has 4 rings (SSSR count). The Morgan fingerprint density at radius 2 is 2.02 bits per heavy atom. The first-order chi connectivity index (χ1) is 19.4. The summed E-state index contributed by atoms with van der Waals surface area (Å²) in [5.74, 6) is -3.85. The lowest BCUT2D eigenvalue weighted by atomic mass is 9.80. The van der Waals surface area contributed by atoms with Crippen molar-refractivity contribution in [2.75, 3.05) is 39.5 Å². The van der Waals surface area contributed by atoms with Crippen LogP contribution in [0, 0.1) is 11.3 Å². The summed E-state index contributed by atoms with van der Waals surface area (Å²) in [5, 5.41) is 32.7. The number of hydrogen-bond donors (Lipinski definition) is 3. The number of benzene rings is 1. The molecule has 41 heavy (non-hydrogen) atoms. The number of ether oxygens (including phenoxy) is 2. The van der Waals surface area contributed by atoms with Crippen LogP contribution in [0.5, 0.6) is 0 Å². The Morgan fingerprint density at radius 1 is 1.32 bits per heavy atom. The standard InChI is InChI=1S/C27H33BF2N4O7/c1-26(2,33-7-9-39-10-8-33)11-19(14-31)24(35)34-17-27(29,30)12-20(34)16-41-25(36)32-22(13-28(37)38)23-21-6-4-3-5-18(21)15-40-23/h3-6,11,15,20,22,37-38H,7-10,12-13,16-17H2,1-2H3,(H,32,36)/t20-,22?/m1/s1. The predicted octanol–water partition coefficient (Wildman–Crippen LogP) is 2.47. The molecule has 2 aliphatic rings. The van der Waals surface area contributed by atoms with Crippen LogP contribution < -0.4 is 5.32 Å². The number of carbonyl (C=O) groups excluding carboxylic acids is 2. The molecule has 2 amide bonds. The van der Waals surface area contributed by atoms with Crippen molar-refractivity contribution in [3.63, 3.8) is 0 Å². The van der Waals surface area contributed by atoms with E-state index >= 15 is 0 Å². The van der Waals surface area contributed by atoms with E-state index in [0.29, 0.717) is 31.7 Å². The van der Waals surface area contributed by atoms with Gasteiger partial charge in [0.15, 0.2) is 0 Å². The number of rotatable bonds is 9. The first-order valence-electron chi connectivity index (χ1n) is 13.3. The van der Waals surface area contributed by atoms with Gasteiger partial charge in [-0.1, -0.05) is 24.3 Å². The smallest absolute Gasteiger partial charge is 0.454 e. The van der Waals surface area contributed by atoms with E-state index in [9.17, 15) is 33.7 Å². The summed E-state index contributed by atoms with van der Waals surface area (Å²) < 4.78 is 45.1. The van der Waals surface area contributed by atoms with E-state index in [-0.39, 0.29) is 17.7 Å². The Morgan fingerprint density at radius 3 is 2.71 bits per heavy atom. The quantitative estimate of drug-likeness (QED) is 0.233. The van der Waals surface area contributed by atoms with Crippen LogP contribution in [0.3, 0.4) is 0 Å². The van der Waals surface area contributed by atoms with Gasteiger partial charge in [0, 0.05) is 42.1 Å². The fraction of sp³-hybridized carbons (Fsp3) is 0.519. The molecular weight excluding hydrogens is 541 g/mol. The van der Waals surface area contributed by atoms with Gasteiger partial charge in [-0.25, -0.2) is 13.6 Å². The van der Waals surface area contributed by atoms with Crippen LogP contribution in [0.2, 0.25) is 6.32 Å². The molecule has 2 aromatic rings. The van der Waals surface area contributed by atoms with Crippen LogP contribution in [-0.4, -0.2) is 95.9 Å². The minimum atomic E-state index is -3.24. The van der Waals surface area contributed by atoms with E-state index in [2.05, 4.69) is 5.32 Å². The maximum atomic E-state index is 14.5. The molecule has 0 saturated carbocycles. The molecule has 1 aromatic heterocycles. The number of halogens is 2. The van der Waals surface area contributed by atoms with Gasteiger partial charge in [0.05, 0.1) is 38.1 Å². The first-order valence-corrected chi connectivity index (χ1v) is 13.3. The molecule has 0 bridgehead atoms. The highest BCUT2D eigenvalue weighted by Crippen LogP contribution is 2.34. The molecule has 0 spiro atoms. The Bertz CT molecular complexity index is 1320. The number of hydrogen-bond acceptors (Lipinski definition) is 9. The summed E-state index contributed by atoms with van der Waals surface area (Å²) in [6.45, 7) is 4.35. The van der Waals surface area contributed by atoms with Gasteiger partial charge in [-0.05, 0) is 19.9 Å². The molecule has 1 aromatic carbocycles. The molecule has 2 saturated heterocycles. The van der Waals surface area contributed by atoms with Gasteiger partial charge in [0.2, 0.25) is 0 Å². The molecule has 3 N–H and O–H groups in total. The summed E-state index contributed by atoms with van der Waals surface area (Å²) in [6.07, 6.45) is 0.829. The lowest BCUT2D eigenvalue weighted by Gasteiger charge is -2.39. The zero-order valence-corrected chi connectivity index (χ0v) is 22.9. The van der Waals surface area contributed by atoms with Crippen LogP contribution in [0.4, 0.5) is 13.6 Å². The van der Waals surface area contributed by atoms with Gasteiger partial charge >= 0.3 is 13.2 Å². The summed E-state index contributed by atoms with van der Waals surface area (Å²) in [7, 11) is -1.79. The Balaban J connectivity index is 1.45. The lowest BCUT2D eigenvalue weighted by molar-refractivity contribution is -0.129. The molecule has 3 heterocycles. The zero-order chi connectivity index (χ0) is 29.8. The molecule has 220 valence electrons. The zero-order valence-electron chi connectivity index (χ0n) is 22.9. The first kappa shape index (κ1) is 30.5. The third kappa shape index (κ3) is 7.42. The van der Waals surface area contributed by atoms with Gasteiger partial charge in [-0.2, -0.15) is 5.26 Å². The van der Waals surface area contributed by atoms with Crippen molar-refractivity contribution in [2.24, 2.45) is 0 Å². The second kappa shape index (κ2) is 12.6. The minimum absolute atomic E-state index is 0.265. The van der Waals surface area contributed by atoms with Gasteiger partial charge in [0.1, 0.15) is 24.0 Å². The summed E-state index contributed by atoms with van der Waals surface area (Å²) in [6, 6.07) is 6.74. The molecular formula is C27H33BF2N4O7. The molecule has 14 heteroatoms. The van der Waals surface area contributed by atoms with E-state index in [1.165, 1.54) is 12.3 Å². The number of fused-ring (bicyclic) bond motifs is 1. The fourth-order valence-corrected chi connectivity index (χ4v) is 5.25. The van der Waals surface area contributed by atoms with Crippen molar-refractivity contribution >= 4 is 29.9 Å². The van der Waals surface area contributed by atoms with Crippen molar-refractivity contribution in [1.29, 1.82) is 5.26 Å². The van der Waals surface area contributed by atoms with Gasteiger partial charge < -0.3 is 34.2 Å². The maximum absolute atomic E-state index is 14.5. The fourth-order valence-electron chi connectivity index (χ4n) is 5.25. The van der Waals surface area contributed by atoms with Crippen LogP contribution in [0.25, 0.3) is 10.8 Å². The number of morpholine rings is 1. The average molecular weight is 574 g/mol. The monoisotopic (exact) mass is 574 g/mol. The third-order valence-corrected chi connectivity index (χ3v) is 7.31. The SMILES string of the molecule is CC(C)(C=C(C#N)C(=O)N1CC(F)(F)C[C@@H]1COC(=O)NC(CB(O)O)c1occ2ccccc12)N1CCOCC1. The highest BCUT2D eigenvalue weighted by atomic mass is 19.3. The normalized spacial score (nSPS) is 20.5. The maximum Gasteiger partial charge on any atom is 0.454 e. The topological polar surface area (TPSA) is 149 Å². The molecule has 0 aliphatic carbocycles. The van der Waals surface area contributed by atoms with Crippen molar-refractivity contribution in [3.8, 4) is 6.07 Å². The van der Waals surface area contributed by atoms with Crippen molar-refractivity contribution in [1.82, 2.24) is 15.1 Å². The average Bonchev–Trinajstić information content (AvgIpc) is 3.50. The molecule has 2 fully saturated rings. The van der Waals surface area contributed by atoms with E-state index in [1.54, 1.807) is 24.3 Å². The number of nitriles is 1. The summed E-state index contributed by atoms with van der Waals surface area (Å²) >= 11 is 0. The number of furan rings is 1. The molecule has 0 radical (unpaired) electrons. The Labute approximate surface area is 236 Å². The van der Waals surface area contributed by atoms with Crippen LogP contribution in [0.1, 0.15) is 32.1 Å². The molecule has 2 aliphatic heterocycles. The number of carbonyl (C=O) groups is 2. The van der Waals surface area contributed by atoms with Crippen LogP contribution in [0.15, 0.2) is 46.6 Å². The number of alkyl halides is 2. The number of nitrogens with zero attached hydrogens (tertiary/aromatic N) is 3. The number of nitrogens with one attached hydrogen (secondary N) is 1. The largest absolute Gasteiger partial charge is 0.466 e. The van der Waals surface area contributed by atoms with Gasteiger partial charge in [-0.15, -0.1) is 0 Å². The highest BCUT2D eigenvalue weighted by Gasteiger charge is 2.48.